The fraction of sp³-hybridized carbons (Fsp3) is 0.364. The lowest BCUT2D eigenvalue weighted by Crippen LogP contribution is -2.34. The van der Waals surface area contributed by atoms with Crippen molar-refractivity contribution < 1.29 is 9.59 Å². The first kappa shape index (κ1) is 18.1. The van der Waals surface area contributed by atoms with Crippen molar-refractivity contribution in [3.63, 3.8) is 0 Å². The lowest BCUT2D eigenvalue weighted by Gasteiger charge is -2.19. The van der Waals surface area contributed by atoms with E-state index in [0.717, 1.165) is 29.0 Å². The molecule has 0 radical (unpaired) electrons. The van der Waals surface area contributed by atoms with Crippen molar-refractivity contribution in [1.82, 2.24) is 10.2 Å². The molecule has 1 aliphatic carbocycles. The molecule has 140 valence electrons. The summed E-state index contributed by atoms with van der Waals surface area (Å²) in [6.45, 7) is 3.09. The molecule has 1 saturated heterocycles. The monoisotopic (exact) mass is 382 g/mol. The van der Waals surface area contributed by atoms with Crippen LogP contribution in [0.1, 0.15) is 41.1 Å². The van der Waals surface area contributed by atoms with E-state index in [4.69, 9.17) is 11.6 Å². The quantitative estimate of drug-likeness (QED) is 0.874. The van der Waals surface area contributed by atoms with E-state index in [0.29, 0.717) is 13.1 Å². The summed E-state index contributed by atoms with van der Waals surface area (Å²) >= 11 is 6.06. The van der Waals surface area contributed by atoms with Crippen molar-refractivity contribution in [2.24, 2.45) is 5.92 Å². The summed E-state index contributed by atoms with van der Waals surface area (Å²) in [5, 5.41) is 3.88. The lowest BCUT2D eigenvalue weighted by molar-refractivity contribution is -0.129. The number of aryl methyl sites for hydroxylation is 2. The highest BCUT2D eigenvalue weighted by Crippen LogP contribution is 2.33. The molecule has 2 amide bonds. The normalized spacial score (nSPS) is 21.4. The first-order chi connectivity index (χ1) is 13.0. The molecule has 2 aliphatic rings. The van der Waals surface area contributed by atoms with Gasteiger partial charge in [-0.1, -0.05) is 47.5 Å². The van der Waals surface area contributed by atoms with E-state index in [2.05, 4.69) is 5.32 Å². The fourth-order valence-electron chi connectivity index (χ4n) is 4.04. The van der Waals surface area contributed by atoms with Gasteiger partial charge >= 0.3 is 0 Å². The SMILES string of the molecule is Cc1ccc(CN2CC(C(=O)NC3CCc4cc(Cl)ccc43)CC2=O)cc1. The maximum absolute atomic E-state index is 12.8. The molecule has 5 heteroatoms. The van der Waals surface area contributed by atoms with Gasteiger partial charge in [-0.3, -0.25) is 9.59 Å². The Labute approximate surface area is 164 Å². The molecule has 0 saturated carbocycles. The lowest BCUT2D eigenvalue weighted by atomic mass is 10.0. The van der Waals surface area contributed by atoms with Gasteiger partial charge in [0.1, 0.15) is 0 Å². The summed E-state index contributed by atoms with van der Waals surface area (Å²) in [4.78, 5) is 26.9. The van der Waals surface area contributed by atoms with E-state index in [-0.39, 0.29) is 30.2 Å². The molecule has 1 N–H and O–H groups in total. The smallest absolute Gasteiger partial charge is 0.225 e. The Bertz CT molecular complexity index is 878. The van der Waals surface area contributed by atoms with Crippen LogP contribution in [-0.4, -0.2) is 23.3 Å². The summed E-state index contributed by atoms with van der Waals surface area (Å²) < 4.78 is 0. The maximum atomic E-state index is 12.8. The third-order valence-corrected chi connectivity index (χ3v) is 5.81. The van der Waals surface area contributed by atoms with Gasteiger partial charge in [-0.15, -0.1) is 0 Å². The molecule has 4 rings (SSSR count). The summed E-state index contributed by atoms with van der Waals surface area (Å²) in [5.74, 6) is -0.254. The molecular weight excluding hydrogens is 360 g/mol. The van der Waals surface area contributed by atoms with Crippen molar-refractivity contribution in [2.45, 2.75) is 38.8 Å². The van der Waals surface area contributed by atoms with Crippen LogP contribution in [0.5, 0.6) is 0 Å². The summed E-state index contributed by atoms with van der Waals surface area (Å²) in [5.41, 5.74) is 4.64. The molecule has 2 atom stereocenters. The summed E-state index contributed by atoms with van der Waals surface area (Å²) in [7, 11) is 0. The molecular formula is C22H23ClN2O2. The predicted octanol–water partition coefficient (Wildman–Crippen LogP) is 3.80. The topological polar surface area (TPSA) is 49.4 Å². The highest BCUT2D eigenvalue weighted by atomic mass is 35.5. The predicted molar refractivity (Wildman–Crippen MR) is 105 cm³/mol. The number of hydrogen-bond donors (Lipinski definition) is 1. The second-order valence-electron chi connectivity index (χ2n) is 7.60. The van der Waals surface area contributed by atoms with Crippen LogP contribution in [0, 0.1) is 12.8 Å². The van der Waals surface area contributed by atoms with Gasteiger partial charge in [0, 0.05) is 24.5 Å². The first-order valence-electron chi connectivity index (χ1n) is 9.41. The first-order valence-corrected chi connectivity index (χ1v) is 9.79. The minimum Gasteiger partial charge on any atom is -0.349 e. The number of rotatable bonds is 4. The van der Waals surface area contributed by atoms with E-state index in [9.17, 15) is 9.59 Å². The number of halogens is 1. The van der Waals surface area contributed by atoms with Crippen LogP contribution in [0.4, 0.5) is 0 Å². The molecule has 4 nitrogen and oxygen atoms in total. The number of nitrogens with one attached hydrogen (secondary N) is 1. The Kier molecular flexibility index (Phi) is 4.92. The van der Waals surface area contributed by atoms with Crippen LogP contribution < -0.4 is 5.32 Å². The maximum Gasteiger partial charge on any atom is 0.225 e. The van der Waals surface area contributed by atoms with Gasteiger partial charge in [-0.05, 0) is 48.6 Å². The number of fused-ring (bicyclic) bond motifs is 1. The second kappa shape index (κ2) is 7.35. The van der Waals surface area contributed by atoms with Crippen molar-refractivity contribution in [3.8, 4) is 0 Å². The third-order valence-electron chi connectivity index (χ3n) is 5.58. The average molecular weight is 383 g/mol. The molecule has 2 aromatic carbocycles. The van der Waals surface area contributed by atoms with E-state index >= 15 is 0 Å². The molecule has 1 aliphatic heterocycles. The molecule has 0 spiro atoms. The van der Waals surface area contributed by atoms with Crippen molar-refractivity contribution in [1.29, 1.82) is 0 Å². The van der Waals surface area contributed by atoms with Gasteiger partial charge in [0.2, 0.25) is 11.8 Å². The van der Waals surface area contributed by atoms with Crippen molar-refractivity contribution in [2.75, 3.05) is 6.54 Å². The van der Waals surface area contributed by atoms with Gasteiger partial charge in [0.05, 0.1) is 12.0 Å². The Balaban J connectivity index is 1.38. The zero-order chi connectivity index (χ0) is 19.0. The molecule has 2 aromatic rings. The Morgan fingerprint density at radius 2 is 2.00 bits per heavy atom. The van der Waals surface area contributed by atoms with Crippen LogP contribution in [0.2, 0.25) is 5.02 Å². The van der Waals surface area contributed by atoms with Gasteiger partial charge < -0.3 is 10.2 Å². The summed E-state index contributed by atoms with van der Waals surface area (Å²) in [6.07, 6.45) is 2.09. The van der Waals surface area contributed by atoms with Crippen LogP contribution in [0.15, 0.2) is 42.5 Å². The number of likely N-dealkylation sites (tertiary alicyclic amines) is 1. The van der Waals surface area contributed by atoms with Gasteiger partial charge in [0.15, 0.2) is 0 Å². The van der Waals surface area contributed by atoms with E-state index in [1.54, 1.807) is 4.90 Å². The fourth-order valence-corrected chi connectivity index (χ4v) is 4.23. The Morgan fingerprint density at radius 3 is 2.78 bits per heavy atom. The number of carbonyl (C=O) groups is 2. The van der Waals surface area contributed by atoms with E-state index < -0.39 is 0 Å². The number of benzene rings is 2. The minimum atomic E-state index is -0.278. The molecule has 27 heavy (non-hydrogen) atoms. The molecule has 2 unspecified atom stereocenters. The number of hydrogen-bond acceptors (Lipinski definition) is 2. The number of carbonyl (C=O) groups excluding carboxylic acids is 2. The van der Waals surface area contributed by atoms with Crippen LogP contribution >= 0.6 is 11.6 Å². The highest BCUT2D eigenvalue weighted by molar-refractivity contribution is 6.30. The van der Waals surface area contributed by atoms with Crippen molar-refractivity contribution in [3.05, 3.63) is 69.7 Å². The minimum absolute atomic E-state index is 0.0195. The Morgan fingerprint density at radius 1 is 1.22 bits per heavy atom. The third kappa shape index (κ3) is 3.86. The zero-order valence-electron chi connectivity index (χ0n) is 15.4. The van der Waals surface area contributed by atoms with E-state index in [1.807, 2.05) is 49.4 Å². The molecule has 1 fully saturated rings. The molecule has 1 heterocycles. The largest absolute Gasteiger partial charge is 0.349 e. The standard InChI is InChI=1S/C22H23ClN2O2/c1-14-2-4-15(5-3-14)12-25-13-17(11-21(25)26)22(27)24-20-9-6-16-10-18(23)7-8-19(16)20/h2-5,7-8,10,17,20H,6,9,11-13H2,1H3,(H,24,27). The molecule has 0 bridgehead atoms. The van der Waals surface area contributed by atoms with E-state index in [1.165, 1.54) is 11.1 Å². The molecule has 0 aromatic heterocycles. The Hall–Kier alpha value is -2.33. The number of amides is 2. The zero-order valence-corrected chi connectivity index (χ0v) is 16.1. The van der Waals surface area contributed by atoms with Gasteiger partial charge in [-0.25, -0.2) is 0 Å². The van der Waals surface area contributed by atoms with Crippen LogP contribution in [0.25, 0.3) is 0 Å². The van der Waals surface area contributed by atoms with Crippen LogP contribution in [0.3, 0.4) is 0 Å². The van der Waals surface area contributed by atoms with Gasteiger partial charge in [-0.2, -0.15) is 0 Å². The number of nitrogens with zero attached hydrogens (tertiary/aromatic N) is 1. The van der Waals surface area contributed by atoms with Crippen molar-refractivity contribution >= 4 is 23.4 Å². The average Bonchev–Trinajstić information content (AvgIpc) is 3.20. The highest BCUT2D eigenvalue weighted by Gasteiger charge is 2.36. The van der Waals surface area contributed by atoms with Gasteiger partial charge in [0.25, 0.3) is 0 Å². The van der Waals surface area contributed by atoms with Crippen LogP contribution in [-0.2, 0) is 22.6 Å². The second-order valence-corrected chi connectivity index (χ2v) is 8.04. The summed E-state index contributed by atoms with van der Waals surface area (Å²) in [6, 6.07) is 14.0.